The molecule has 1 aromatic heterocycles. The summed E-state index contributed by atoms with van der Waals surface area (Å²) in [5.41, 5.74) is 12.9. The lowest BCUT2D eigenvalue weighted by molar-refractivity contribution is -0.384. The molecule has 0 saturated carbocycles. The zero-order chi connectivity index (χ0) is 22.8. The summed E-state index contributed by atoms with van der Waals surface area (Å²) >= 11 is 0. The van der Waals surface area contributed by atoms with E-state index in [-0.39, 0.29) is 5.69 Å². The molecular weight excluding hydrogens is 414 g/mol. The number of nitrogens with zero attached hydrogens (tertiary/aromatic N) is 6. The van der Waals surface area contributed by atoms with Crippen molar-refractivity contribution in [2.75, 3.05) is 42.1 Å². The molecule has 0 atom stereocenters. The molecule has 0 aliphatic carbocycles. The van der Waals surface area contributed by atoms with Crippen molar-refractivity contribution < 1.29 is 4.92 Å². The highest BCUT2D eigenvalue weighted by Crippen LogP contribution is 2.23. The third kappa shape index (κ3) is 6.65. The molecule has 32 heavy (non-hydrogen) atoms. The van der Waals surface area contributed by atoms with Crippen LogP contribution in [0, 0.1) is 10.1 Å². The molecule has 13 nitrogen and oxygen atoms in total. The summed E-state index contributed by atoms with van der Waals surface area (Å²) in [4.78, 5) is 23.2. The first kappa shape index (κ1) is 22.5. The normalized spacial score (nSPS) is 10.8. The lowest BCUT2D eigenvalue weighted by atomic mass is 10.3. The Morgan fingerprint density at radius 1 is 0.781 bits per heavy atom. The van der Waals surface area contributed by atoms with Gasteiger partial charge in [0.1, 0.15) is 0 Å². The molecule has 0 bridgehead atoms. The van der Waals surface area contributed by atoms with Gasteiger partial charge in [0.05, 0.1) is 16.3 Å². The minimum absolute atomic E-state index is 0.000443. The van der Waals surface area contributed by atoms with Gasteiger partial charge >= 0.3 is 0 Å². The van der Waals surface area contributed by atoms with Crippen molar-refractivity contribution in [3.05, 3.63) is 58.6 Å². The number of nitro benzene ring substituents is 1. The zero-order valence-corrected chi connectivity index (χ0v) is 17.1. The number of azo groups is 1. The number of aromatic nitrogens is 3. The van der Waals surface area contributed by atoms with E-state index in [0.717, 1.165) is 5.69 Å². The van der Waals surface area contributed by atoms with Crippen molar-refractivity contribution in [2.24, 2.45) is 21.7 Å². The summed E-state index contributed by atoms with van der Waals surface area (Å²) in [5.74, 6) is 1.13. The monoisotopic (exact) mass is 437 g/mol. The van der Waals surface area contributed by atoms with Crippen LogP contribution in [0.5, 0.6) is 0 Å². The fraction of sp³-hybridized carbons (Fsp3) is 0.211. The highest BCUT2D eigenvalue weighted by atomic mass is 16.6. The second-order valence-electron chi connectivity index (χ2n) is 6.38. The predicted molar refractivity (Wildman–Crippen MR) is 122 cm³/mol. The maximum absolute atomic E-state index is 10.7. The molecule has 2 aromatic carbocycles. The third-order valence-electron chi connectivity index (χ3n) is 3.96. The van der Waals surface area contributed by atoms with Gasteiger partial charge in [0.25, 0.3) is 5.69 Å². The second-order valence-corrected chi connectivity index (χ2v) is 6.38. The minimum atomic E-state index is -0.465. The average molecular weight is 437 g/mol. The lowest BCUT2D eigenvalue weighted by Crippen LogP contribution is -2.18. The Balaban J connectivity index is 1.68. The number of anilines is 4. The van der Waals surface area contributed by atoms with Crippen molar-refractivity contribution in [1.29, 1.82) is 0 Å². The first-order chi connectivity index (χ1) is 15.6. The van der Waals surface area contributed by atoms with Gasteiger partial charge in [-0.1, -0.05) is 0 Å². The highest BCUT2D eigenvalue weighted by molar-refractivity contribution is 5.58. The summed E-state index contributed by atoms with van der Waals surface area (Å²) in [5, 5.41) is 28.1. The lowest BCUT2D eigenvalue weighted by Gasteiger charge is -2.10. The van der Waals surface area contributed by atoms with Crippen LogP contribution in [0.25, 0.3) is 0 Å². The van der Waals surface area contributed by atoms with Crippen LogP contribution in [0.2, 0.25) is 0 Å². The van der Waals surface area contributed by atoms with Gasteiger partial charge in [-0.3, -0.25) is 10.1 Å². The number of rotatable bonds is 11. The van der Waals surface area contributed by atoms with E-state index in [1.807, 2.05) is 0 Å². The second kappa shape index (κ2) is 11.2. The molecule has 0 fully saturated rings. The maximum atomic E-state index is 10.7. The van der Waals surface area contributed by atoms with Crippen LogP contribution in [-0.4, -0.2) is 46.1 Å². The molecule has 0 aliphatic heterocycles. The van der Waals surface area contributed by atoms with Crippen LogP contribution in [0.1, 0.15) is 0 Å². The van der Waals surface area contributed by atoms with Gasteiger partial charge in [-0.25, -0.2) is 0 Å². The molecule has 3 aromatic rings. The molecule has 0 spiro atoms. The van der Waals surface area contributed by atoms with Crippen LogP contribution in [0.4, 0.5) is 40.6 Å². The standard InChI is InChI=1S/C19H23N11O2/c20-9-11-22-17-25-18(23-12-10-21)27-19(26-17)24-13-1-3-14(4-2-13)28-29-15-5-7-16(8-6-15)30(31)32/h1-8H,9-12,20-21H2,(H3,22,23,24,25,26,27). The first-order valence-electron chi connectivity index (χ1n) is 9.74. The molecule has 1 heterocycles. The van der Waals surface area contributed by atoms with E-state index in [1.165, 1.54) is 24.3 Å². The summed E-state index contributed by atoms with van der Waals surface area (Å²) in [6.07, 6.45) is 0. The molecule has 7 N–H and O–H groups in total. The minimum Gasteiger partial charge on any atom is -0.353 e. The van der Waals surface area contributed by atoms with Gasteiger partial charge in [0, 0.05) is 44.0 Å². The van der Waals surface area contributed by atoms with Gasteiger partial charge in [-0.05, 0) is 36.4 Å². The van der Waals surface area contributed by atoms with E-state index in [4.69, 9.17) is 11.5 Å². The van der Waals surface area contributed by atoms with Crippen LogP contribution in [-0.2, 0) is 0 Å². The van der Waals surface area contributed by atoms with E-state index >= 15 is 0 Å². The van der Waals surface area contributed by atoms with Crippen LogP contribution >= 0.6 is 0 Å². The van der Waals surface area contributed by atoms with Crippen molar-refractivity contribution in [1.82, 2.24) is 15.0 Å². The Bertz CT molecular complexity index is 1030. The topological polar surface area (TPSA) is 195 Å². The third-order valence-corrected chi connectivity index (χ3v) is 3.96. The molecule has 0 unspecified atom stereocenters. The number of nitrogens with two attached hydrogens (primary N) is 2. The van der Waals surface area contributed by atoms with E-state index < -0.39 is 4.92 Å². The van der Waals surface area contributed by atoms with Crippen molar-refractivity contribution in [3.8, 4) is 0 Å². The van der Waals surface area contributed by atoms with Crippen LogP contribution in [0.3, 0.4) is 0 Å². The summed E-state index contributed by atoms with van der Waals surface area (Å²) in [7, 11) is 0. The largest absolute Gasteiger partial charge is 0.353 e. The molecule has 0 amide bonds. The van der Waals surface area contributed by atoms with Gasteiger partial charge in [-0.15, -0.1) is 0 Å². The van der Waals surface area contributed by atoms with Gasteiger partial charge in [-0.2, -0.15) is 25.2 Å². The Morgan fingerprint density at radius 2 is 1.25 bits per heavy atom. The SMILES string of the molecule is NCCNc1nc(NCCN)nc(Nc2ccc(N=Nc3ccc([N+](=O)[O-])cc3)cc2)n1. The fourth-order valence-corrected chi connectivity index (χ4v) is 2.45. The highest BCUT2D eigenvalue weighted by Gasteiger charge is 2.07. The Kier molecular flexibility index (Phi) is 7.89. The molecule has 13 heteroatoms. The first-order valence-corrected chi connectivity index (χ1v) is 9.74. The van der Waals surface area contributed by atoms with Crippen LogP contribution in [0.15, 0.2) is 58.8 Å². The fourth-order valence-electron chi connectivity index (χ4n) is 2.45. The number of non-ortho nitro benzene ring substituents is 1. The van der Waals surface area contributed by atoms with Crippen LogP contribution < -0.4 is 27.4 Å². The summed E-state index contributed by atoms with van der Waals surface area (Å²) < 4.78 is 0. The summed E-state index contributed by atoms with van der Waals surface area (Å²) in [6, 6.07) is 12.9. The number of nitrogens with one attached hydrogen (secondary N) is 3. The van der Waals surface area contributed by atoms with E-state index in [9.17, 15) is 10.1 Å². The van der Waals surface area contributed by atoms with Crippen molar-refractivity contribution in [2.45, 2.75) is 0 Å². The Labute approximate surface area is 183 Å². The zero-order valence-electron chi connectivity index (χ0n) is 17.1. The number of hydrogen-bond donors (Lipinski definition) is 5. The molecule has 0 saturated heterocycles. The average Bonchev–Trinajstić information content (AvgIpc) is 2.81. The van der Waals surface area contributed by atoms with Crippen molar-refractivity contribution >= 4 is 40.6 Å². The molecule has 0 aliphatic rings. The predicted octanol–water partition coefficient (Wildman–Crippen LogP) is 2.68. The number of hydrogen-bond acceptors (Lipinski definition) is 12. The quantitative estimate of drug-likeness (QED) is 0.169. The van der Waals surface area contributed by atoms with Crippen molar-refractivity contribution in [3.63, 3.8) is 0 Å². The molecule has 3 rings (SSSR count). The Morgan fingerprint density at radius 3 is 1.72 bits per heavy atom. The van der Waals surface area contributed by atoms with Gasteiger partial charge < -0.3 is 27.4 Å². The molecule has 0 radical (unpaired) electrons. The van der Waals surface area contributed by atoms with Gasteiger partial charge in [0.15, 0.2) is 0 Å². The number of benzene rings is 2. The van der Waals surface area contributed by atoms with E-state index in [0.29, 0.717) is 55.4 Å². The maximum Gasteiger partial charge on any atom is 0.269 e. The smallest absolute Gasteiger partial charge is 0.269 e. The van der Waals surface area contributed by atoms with E-state index in [2.05, 4.69) is 41.1 Å². The Hall–Kier alpha value is -4.23. The molecular formula is C19H23N11O2. The summed E-state index contributed by atoms with van der Waals surface area (Å²) in [6.45, 7) is 1.92. The number of nitro groups is 1. The van der Waals surface area contributed by atoms with E-state index in [1.54, 1.807) is 24.3 Å². The molecule has 166 valence electrons. The van der Waals surface area contributed by atoms with Gasteiger partial charge in [0.2, 0.25) is 17.8 Å².